The molecule has 4 aromatic carbocycles. The summed E-state index contributed by atoms with van der Waals surface area (Å²) < 4.78 is 16.2. The van der Waals surface area contributed by atoms with Crippen LogP contribution in [-0.2, 0) is 0 Å². The summed E-state index contributed by atoms with van der Waals surface area (Å²) in [6.45, 7) is 0. The molecule has 0 N–H and O–H groups in total. The third-order valence-electron chi connectivity index (χ3n) is 4.73. The van der Waals surface area contributed by atoms with Crippen LogP contribution in [-0.4, -0.2) is 20.2 Å². The van der Waals surface area contributed by atoms with E-state index < -0.39 is 5.97 Å². The molecule has 154 valence electrons. The maximum Gasteiger partial charge on any atom is 0.343 e. The van der Waals surface area contributed by atoms with Crippen LogP contribution in [0.2, 0.25) is 0 Å². The maximum absolute atomic E-state index is 12.7. The third kappa shape index (κ3) is 4.38. The molecule has 0 saturated carbocycles. The van der Waals surface area contributed by atoms with E-state index in [9.17, 15) is 4.79 Å². The van der Waals surface area contributed by atoms with Gasteiger partial charge in [-0.15, -0.1) is 10.2 Å². The minimum Gasteiger partial charge on any atom is -0.497 e. The summed E-state index contributed by atoms with van der Waals surface area (Å²) in [6, 6.07) is 25.4. The summed E-state index contributed by atoms with van der Waals surface area (Å²) in [7, 11) is 3.15. The molecule has 0 amide bonds. The summed E-state index contributed by atoms with van der Waals surface area (Å²) in [5, 5.41) is 10.6. The van der Waals surface area contributed by atoms with Gasteiger partial charge in [-0.1, -0.05) is 42.5 Å². The molecule has 0 aromatic heterocycles. The topological polar surface area (TPSA) is 69.5 Å². The lowest BCUT2D eigenvalue weighted by atomic mass is 10.1. The van der Waals surface area contributed by atoms with Crippen LogP contribution in [0.4, 0.5) is 11.4 Å². The number of azo groups is 1. The molecule has 4 aromatic rings. The first-order valence-electron chi connectivity index (χ1n) is 9.62. The summed E-state index contributed by atoms with van der Waals surface area (Å²) in [5.41, 5.74) is 1.44. The Morgan fingerprint density at radius 2 is 1.45 bits per heavy atom. The molecule has 0 aliphatic heterocycles. The van der Waals surface area contributed by atoms with Crippen LogP contribution in [0.25, 0.3) is 10.8 Å². The molecule has 4 rings (SSSR count). The molecule has 0 unspecified atom stereocenters. The maximum atomic E-state index is 12.7. The molecule has 0 atom stereocenters. The number of rotatable bonds is 6. The van der Waals surface area contributed by atoms with Gasteiger partial charge in [0.05, 0.1) is 19.8 Å². The Morgan fingerprint density at radius 3 is 2.23 bits per heavy atom. The number of carbonyl (C=O) groups is 1. The lowest BCUT2D eigenvalue weighted by Gasteiger charge is -2.10. The number of para-hydroxylation sites is 1. The van der Waals surface area contributed by atoms with Gasteiger partial charge in [0.1, 0.15) is 22.9 Å². The van der Waals surface area contributed by atoms with Crippen LogP contribution in [0.1, 0.15) is 10.4 Å². The number of hydrogen-bond donors (Lipinski definition) is 0. The molecule has 0 bridgehead atoms. The minimum atomic E-state index is -0.494. The second-order valence-corrected chi connectivity index (χ2v) is 6.62. The number of carbonyl (C=O) groups excluding carboxylic acids is 1. The molecule has 0 fully saturated rings. The van der Waals surface area contributed by atoms with Gasteiger partial charge in [-0.2, -0.15) is 0 Å². The van der Waals surface area contributed by atoms with E-state index >= 15 is 0 Å². The summed E-state index contributed by atoms with van der Waals surface area (Å²) in [4.78, 5) is 12.7. The SMILES string of the molecule is COc1ccc(C(=O)Oc2ccc3ccccc3c2N=Nc2ccccc2OC)cc1. The van der Waals surface area contributed by atoms with Crippen LogP contribution in [0.5, 0.6) is 17.2 Å². The lowest BCUT2D eigenvalue weighted by Crippen LogP contribution is -2.08. The number of ether oxygens (including phenoxy) is 3. The van der Waals surface area contributed by atoms with Crippen molar-refractivity contribution in [2.24, 2.45) is 10.2 Å². The van der Waals surface area contributed by atoms with Gasteiger partial charge in [-0.25, -0.2) is 4.79 Å². The summed E-state index contributed by atoms with van der Waals surface area (Å²) in [5.74, 6) is 1.08. The Hall–Kier alpha value is -4.19. The number of hydrogen-bond acceptors (Lipinski definition) is 6. The number of benzene rings is 4. The standard InChI is InChI=1S/C25H20N2O4/c1-29-19-14-11-18(12-15-19)25(28)31-23-16-13-17-7-3-4-8-20(17)24(23)27-26-21-9-5-6-10-22(21)30-2/h3-16H,1-2H3. The number of methoxy groups -OCH3 is 2. The van der Waals surface area contributed by atoms with E-state index in [0.29, 0.717) is 34.2 Å². The van der Waals surface area contributed by atoms with E-state index in [1.54, 1.807) is 50.6 Å². The molecule has 0 saturated heterocycles. The van der Waals surface area contributed by atoms with Crippen molar-refractivity contribution in [2.75, 3.05) is 14.2 Å². The van der Waals surface area contributed by atoms with Crippen LogP contribution < -0.4 is 14.2 Å². The van der Waals surface area contributed by atoms with E-state index in [4.69, 9.17) is 14.2 Å². The van der Waals surface area contributed by atoms with E-state index in [-0.39, 0.29) is 0 Å². The highest BCUT2D eigenvalue weighted by atomic mass is 16.5. The van der Waals surface area contributed by atoms with Crippen molar-refractivity contribution in [3.63, 3.8) is 0 Å². The number of nitrogens with zero attached hydrogens (tertiary/aromatic N) is 2. The Morgan fingerprint density at radius 1 is 0.710 bits per heavy atom. The first kappa shape index (κ1) is 20.1. The quantitative estimate of drug-likeness (QED) is 0.206. The van der Waals surface area contributed by atoms with E-state index in [1.165, 1.54) is 0 Å². The van der Waals surface area contributed by atoms with Crippen LogP contribution >= 0.6 is 0 Å². The van der Waals surface area contributed by atoms with Gasteiger partial charge in [0.2, 0.25) is 0 Å². The average Bonchev–Trinajstić information content (AvgIpc) is 2.83. The molecule has 0 heterocycles. The Kier molecular flexibility index (Phi) is 5.89. The first-order valence-corrected chi connectivity index (χ1v) is 9.62. The Balaban J connectivity index is 1.73. The molecule has 0 aliphatic carbocycles. The van der Waals surface area contributed by atoms with Crippen LogP contribution in [0.3, 0.4) is 0 Å². The molecular formula is C25H20N2O4. The van der Waals surface area contributed by atoms with Gasteiger partial charge in [-0.3, -0.25) is 0 Å². The predicted octanol–water partition coefficient (Wildman–Crippen LogP) is 6.49. The smallest absolute Gasteiger partial charge is 0.343 e. The van der Waals surface area contributed by atoms with E-state index in [1.807, 2.05) is 48.5 Å². The normalized spacial score (nSPS) is 10.9. The highest BCUT2D eigenvalue weighted by Crippen LogP contribution is 2.38. The molecule has 31 heavy (non-hydrogen) atoms. The van der Waals surface area contributed by atoms with E-state index in [2.05, 4.69) is 10.2 Å². The zero-order valence-corrected chi connectivity index (χ0v) is 17.1. The first-order chi connectivity index (χ1) is 15.2. The fourth-order valence-corrected chi connectivity index (χ4v) is 3.12. The second kappa shape index (κ2) is 9.09. The van der Waals surface area contributed by atoms with Crippen molar-refractivity contribution in [1.82, 2.24) is 0 Å². The van der Waals surface area contributed by atoms with E-state index in [0.717, 1.165) is 10.8 Å². The Bertz CT molecular complexity index is 1250. The molecule has 0 radical (unpaired) electrons. The summed E-state index contributed by atoms with van der Waals surface area (Å²) in [6.07, 6.45) is 0. The van der Waals surface area contributed by atoms with Crippen LogP contribution in [0.15, 0.2) is 95.2 Å². The van der Waals surface area contributed by atoms with Gasteiger partial charge >= 0.3 is 5.97 Å². The summed E-state index contributed by atoms with van der Waals surface area (Å²) >= 11 is 0. The van der Waals surface area contributed by atoms with Crippen molar-refractivity contribution >= 4 is 28.1 Å². The fraction of sp³-hybridized carbons (Fsp3) is 0.0800. The number of esters is 1. The molecular weight excluding hydrogens is 392 g/mol. The largest absolute Gasteiger partial charge is 0.497 e. The molecule has 6 nitrogen and oxygen atoms in total. The zero-order valence-electron chi connectivity index (χ0n) is 17.1. The third-order valence-corrected chi connectivity index (χ3v) is 4.73. The predicted molar refractivity (Wildman–Crippen MR) is 119 cm³/mol. The number of fused-ring (bicyclic) bond motifs is 1. The van der Waals surface area contributed by atoms with Gasteiger partial charge < -0.3 is 14.2 Å². The molecule has 0 aliphatic rings. The van der Waals surface area contributed by atoms with Gasteiger partial charge in [0, 0.05) is 5.39 Å². The zero-order chi connectivity index (χ0) is 21.6. The minimum absolute atomic E-state index is 0.318. The van der Waals surface area contributed by atoms with Crippen LogP contribution in [0, 0.1) is 0 Å². The fourth-order valence-electron chi connectivity index (χ4n) is 3.12. The molecule has 6 heteroatoms. The van der Waals surface area contributed by atoms with Gasteiger partial charge in [0.25, 0.3) is 0 Å². The van der Waals surface area contributed by atoms with Crippen molar-refractivity contribution in [3.8, 4) is 17.2 Å². The van der Waals surface area contributed by atoms with Crippen molar-refractivity contribution in [3.05, 3.63) is 90.5 Å². The second-order valence-electron chi connectivity index (χ2n) is 6.62. The Labute approximate surface area is 179 Å². The average molecular weight is 412 g/mol. The highest BCUT2D eigenvalue weighted by molar-refractivity contribution is 5.98. The van der Waals surface area contributed by atoms with Crippen molar-refractivity contribution in [1.29, 1.82) is 0 Å². The van der Waals surface area contributed by atoms with Crippen molar-refractivity contribution < 1.29 is 19.0 Å². The lowest BCUT2D eigenvalue weighted by molar-refractivity contribution is 0.0735. The molecule has 0 spiro atoms. The van der Waals surface area contributed by atoms with Gasteiger partial charge in [0.15, 0.2) is 5.75 Å². The highest BCUT2D eigenvalue weighted by Gasteiger charge is 2.15. The monoisotopic (exact) mass is 412 g/mol. The van der Waals surface area contributed by atoms with Crippen molar-refractivity contribution in [2.45, 2.75) is 0 Å². The van der Waals surface area contributed by atoms with Gasteiger partial charge in [-0.05, 0) is 47.9 Å².